The summed E-state index contributed by atoms with van der Waals surface area (Å²) in [5.74, 6) is -5.04. The van der Waals surface area contributed by atoms with Crippen molar-refractivity contribution in [2.75, 3.05) is 66.6 Å². The number of amides is 9. The van der Waals surface area contributed by atoms with Gasteiger partial charge in [-0.2, -0.15) is 4.31 Å². The van der Waals surface area contributed by atoms with E-state index in [0.717, 1.165) is 33.5 Å². The van der Waals surface area contributed by atoms with Crippen LogP contribution in [0.15, 0.2) is 65.8 Å². The average molecular weight is 1330 g/mol. The molecule has 91 heavy (non-hydrogen) atoms. The molecule has 0 aliphatic carbocycles. The second-order valence-electron chi connectivity index (χ2n) is 22.2. The number of carboxylic acid groups (broad SMARTS) is 2. The lowest BCUT2D eigenvalue weighted by atomic mass is 9.97. The molecule has 1 aromatic carbocycles. The molecule has 9 N–H and O–H groups in total. The molecule has 1 aromatic rings. The molecule has 0 fully saturated rings. The molecular weight excluding hydrogens is 1230 g/mol. The minimum absolute atomic E-state index is 0.169. The van der Waals surface area contributed by atoms with E-state index in [-0.39, 0.29) is 43.1 Å². The first-order chi connectivity index (χ1) is 42.4. The van der Waals surface area contributed by atoms with Gasteiger partial charge in [0.2, 0.25) is 29.5 Å². The van der Waals surface area contributed by atoms with E-state index in [2.05, 4.69) is 94.4 Å². The van der Waals surface area contributed by atoms with Crippen molar-refractivity contribution in [1.82, 2.24) is 41.3 Å². The Hall–Kier alpha value is -7.13. The molecule has 9 amide bonds. The lowest BCUT2D eigenvalue weighted by molar-refractivity contribution is -0.146. The molecule has 0 bridgehead atoms. The van der Waals surface area contributed by atoms with Crippen molar-refractivity contribution < 1.29 is 100.0 Å². The lowest BCUT2D eigenvalue weighted by Gasteiger charge is -2.27. The number of rotatable bonds is 37. The summed E-state index contributed by atoms with van der Waals surface area (Å²) in [6.45, 7) is 20.0. The molecule has 516 valence electrons. The number of hydrogen-bond acceptors (Lipinski definition) is 17. The number of imide groups is 1. The van der Waals surface area contributed by atoms with Gasteiger partial charge in [0.05, 0.1) is 26.3 Å². The maximum absolute atomic E-state index is 12.8. The Bertz CT molecular complexity index is 2670. The van der Waals surface area contributed by atoms with E-state index < -0.39 is 114 Å². The standard InChI is InChI=1S/C33H55N5O9.C16H27N3O12P2.C7H8.C4H10/c1-11-20(3)16-21(4)14-13-15-23(6)33(46)47-19-27(40)34-24(7)31(43)38(10)18-28(41)37(9)17-26(39)36-29(22(5)12-2)30(42)35-25(8)32(44)45;20-13(5-3-1-2-4-10-19-14(21)6-7-15(19)22)17-8-11-29-32(25,26)31-33(27,28)30-12-9-18-16(23)24;1-7-5-3-2-4-6-7;1-4(2)3/h11,15,21-22,24-25,29H,12-14,16-19H2,1-10H3,(H,34,40)(H,35,42)(H,36,39)(H,44,45);6-7,18H,1-5,8-12H2,(H,17,20)(H,23,24)(H,25,26)(H,27,28);2-6H,1H3;4H,1-3H3/b20-11+,23-15+;;;/t21?,22?,24?,25-,29?;;;/m1.../s1. The van der Waals surface area contributed by atoms with Crippen molar-refractivity contribution >= 4 is 80.9 Å². The third kappa shape index (κ3) is 43.3. The number of phosphoric acid groups is 2. The number of aliphatic carboxylic acids is 1. The van der Waals surface area contributed by atoms with Crippen LogP contribution in [0.3, 0.4) is 0 Å². The van der Waals surface area contributed by atoms with Crippen LogP contribution < -0.4 is 26.6 Å². The number of carbonyl (C=O) groups excluding carboxylic acids is 9. The van der Waals surface area contributed by atoms with Gasteiger partial charge in [0.25, 0.3) is 17.7 Å². The predicted octanol–water partition coefficient (Wildman–Crippen LogP) is 5.94. The highest BCUT2D eigenvalue weighted by Gasteiger charge is 2.35. The Balaban J connectivity index is 0. The highest BCUT2D eigenvalue weighted by atomic mass is 31.3. The van der Waals surface area contributed by atoms with Gasteiger partial charge in [0.1, 0.15) is 18.1 Å². The van der Waals surface area contributed by atoms with Crippen LogP contribution in [0.1, 0.15) is 140 Å². The van der Waals surface area contributed by atoms with Gasteiger partial charge in [0.15, 0.2) is 6.61 Å². The van der Waals surface area contributed by atoms with Gasteiger partial charge >= 0.3 is 33.7 Å². The number of ether oxygens (including phenoxy) is 1. The quantitative estimate of drug-likeness (QED) is 0.00928. The molecule has 0 radical (unpaired) electrons. The summed E-state index contributed by atoms with van der Waals surface area (Å²) in [5.41, 5.74) is 3.02. The molecule has 2 rings (SSSR count). The van der Waals surface area contributed by atoms with E-state index in [1.807, 2.05) is 37.4 Å². The molecule has 0 spiro atoms. The molecular formula is C60H100N8O21P2. The maximum atomic E-state index is 12.8. The van der Waals surface area contributed by atoms with Crippen LogP contribution in [-0.2, 0) is 75.2 Å². The summed E-state index contributed by atoms with van der Waals surface area (Å²) < 4.78 is 41.1. The van der Waals surface area contributed by atoms with Gasteiger partial charge in [-0.05, 0) is 91.4 Å². The summed E-state index contributed by atoms with van der Waals surface area (Å²) in [5, 5.41) is 29.0. The first-order valence-electron chi connectivity index (χ1n) is 29.9. The van der Waals surface area contributed by atoms with Crippen LogP contribution in [0.5, 0.6) is 0 Å². The monoisotopic (exact) mass is 1330 g/mol. The fraction of sp³-hybridized carbons (Fsp3) is 0.617. The Morgan fingerprint density at radius 2 is 1.26 bits per heavy atom. The van der Waals surface area contributed by atoms with Gasteiger partial charge in [-0.1, -0.05) is 114 Å². The topological polar surface area (TPSA) is 410 Å². The Morgan fingerprint density at radius 1 is 0.714 bits per heavy atom. The molecule has 0 aromatic heterocycles. The summed E-state index contributed by atoms with van der Waals surface area (Å²) in [6.07, 6.45) is 10.8. The molecule has 0 saturated carbocycles. The first-order valence-corrected chi connectivity index (χ1v) is 32.9. The van der Waals surface area contributed by atoms with E-state index in [4.69, 9.17) is 14.9 Å². The fourth-order valence-corrected chi connectivity index (χ4v) is 9.44. The number of hydrogen-bond donors (Lipinski definition) is 9. The summed E-state index contributed by atoms with van der Waals surface area (Å²) >= 11 is 0. The highest BCUT2D eigenvalue weighted by molar-refractivity contribution is 7.61. The van der Waals surface area contributed by atoms with Gasteiger partial charge in [-0.3, -0.25) is 57.1 Å². The van der Waals surface area contributed by atoms with Crippen LogP contribution in [0, 0.1) is 24.7 Å². The van der Waals surface area contributed by atoms with Gasteiger partial charge in [0, 0.05) is 57.9 Å². The Labute approximate surface area is 535 Å². The SMILES string of the molecule is C/C=C(\C)CC(C)CC/C=C(\C)C(=O)OCC(=O)NC(C)C(=O)N(C)CC(=O)N(C)CC(=O)NC(C(=O)N[C@H](C)C(=O)O)C(C)CC.CC(C)C.Cc1ccccc1.O=C(O)NCCOP(=O)(O)OP(=O)(O)OCCNC(=O)CCCCCCN1C(=O)C=CC1=O. The molecule has 29 nitrogen and oxygen atoms in total. The van der Waals surface area contributed by atoms with Crippen molar-refractivity contribution in [3.8, 4) is 0 Å². The van der Waals surface area contributed by atoms with Crippen LogP contribution in [0.2, 0.25) is 0 Å². The van der Waals surface area contributed by atoms with E-state index in [0.29, 0.717) is 56.6 Å². The summed E-state index contributed by atoms with van der Waals surface area (Å²) in [6, 6.07) is 7.06. The largest absolute Gasteiger partial charge is 0.481 e. The van der Waals surface area contributed by atoms with Crippen LogP contribution in [0.4, 0.5) is 4.79 Å². The molecule has 6 unspecified atom stereocenters. The van der Waals surface area contributed by atoms with Crippen molar-refractivity contribution in [3.63, 3.8) is 0 Å². The van der Waals surface area contributed by atoms with Gasteiger partial charge in [-0.15, -0.1) is 0 Å². The van der Waals surface area contributed by atoms with Crippen LogP contribution in [0.25, 0.3) is 0 Å². The number of allylic oxidation sites excluding steroid dienone is 3. The molecule has 1 heterocycles. The zero-order valence-corrected chi connectivity index (χ0v) is 56.9. The van der Waals surface area contributed by atoms with Gasteiger partial charge < -0.3 is 61.1 Å². The number of carboxylic acids is 1. The first kappa shape index (κ1) is 85.9. The molecule has 1 aliphatic rings. The van der Waals surface area contributed by atoms with E-state index in [1.165, 1.54) is 51.2 Å². The third-order valence-corrected chi connectivity index (χ3v) is 15.3. The highest BCUT2D eigenvalue weighted by Crippen LogP contribution is 2.60. The maximum Gasteiger partial charge on any atom is 0.481 e. The average Bonchev–Trinajstić information content (AvgIpc) is 2.31. The smallest absolute Gasteiger partial charge is 0.480 e. The number of aryl methyl sites for hydroxylation is 1. The number of unbranched alkanes of at least 4 members (excludes halogenated alkanes) is 3. The fourth-order valence-electron chi connectivity index (χ4n) is 7.38. The zero-order valence-electron chi connectivity index (χ0n) is 55.1. The normalized spacial score (nSPS) is 14.9. The third-order valence-electron chi connectivity index (χ3n) is 12.7. The van der Waals surface area contributed by atoms with E-state index in [9.17, 15) is 71.7 Å². The number of benzene rings is 1. The second-order valence-corrected chi connectivity index (χ2v) is 25.2. The predicted molar refractivity (Wildman–Crippen MR) is 339 cm³/mol. The van der Waals surface area contributed by atoms with Crippen LogP contribution >= 0.6 is 15.6 Å². The zero-order chi connectivity index (χ0) is 70.0. The minimum atomic E-state index is -4.98. The summed E-state index contributed by atoms with van der Waals surface area (Å²) in [7, 11) is -7.25. The van der Waals surface area contributed by atoms with Crippen molar-refractivity contribution in [2.45, 2.75) is 159 Å². The molecule has 7 atom stereocenters. The van der Waals surface area contributed by atoms with Gasteiger partial charge in [-0.25, -0.2) is 18.7 Å². The number of likely N-dealkylation sites (N-methyl/N-ethyl adjacent to an activating group) is 2. The molecule has 0 saturated heterocycles. The molecule has 1 aliphatic heterocycles. The van der Waals surface area contributed by atoms with E-state index >= 15 is 0 Å². The molecule has 31 heteroatoms. The van der Waals surface area contributed by atoms with Crippen LogP contribution in [-0.4, -0.2) is 185 Å². The van der Waals surface area contributed by atoms with E-state index in [1.54, 1.807) is 19.9 Å². The van der Waals surface area contributed by atoms with Crippen molar-refractivity contribution in [1.29, 1.82) is 0 Å². The minimum Gasteiger partial charge on any atom is -0.480 e. The second kappa shape index (κ2) is 46.9. The number of nitrogens with one attached hydrogen (secondary N) is 5. The number of esters is 1. The number of phosphoric ester groups is 2. The Kier molecular flexibility index (Phi) is 44.3. The van der Waals surface area contributed by atoms with Crippen molar-refractivity contribution in [2.24, 2.45) is 17.8 Å². The lowest BCUT2D eigenvalue weighted by Crippen LogP contribution is -2.55. The Morgan fingerprint density at radius 3 is 1.77 bits per heavy atom. The summed E-state index contributed by atoms with van der Waals surface area (Å²) in [4.78, 5) is 153. The number of nitrogens with zero attached hydrogens (tertiary/aromatic N) is 3. The van der Waals surface area contributed by atoms with Crippen molar-refractivity contribution in [3.05, 3.63) is 71.3 Å². The number of carbonyl (C=O) groups is 11.